The molecule has 7 nitrogen and oxygen atoms in total. The van der Waals surface area contributed by atoms with Crippen LogP contribution in [-0.4, -0.2) is 37.2 Å². The van der Waals surface area contributed by atoms with E-state index in [9.17, 15) is 14.7 Å². The molecule has 0 saturated carbocycles. The number of aromatic hydroxyl groups is 1. The summed E-state index contributed by atoms with van der Waals surface area (Å²) in [6.07, 6.45) is 3.01. The summed E-state index contributed by atoms with van der Waals surface area (Å²) in [5.41, 5.74) is 5.28. The maximum Gasteiger partial charge on any atom is 0.287 e. The predicted molar refractivity (Wildman–Crippen MR) is 142 cm³/mol. The second-order valence-corrected chi connectivity index (χ2v) is 9.11. The van der Waals surface area contributed by atoms with Gasteiger partial charge in [-0.3, -0.25) is 9.59 Å². The molecule has 3 aromatic rings. The number of amides is 2. The van der Waals surface area contributed by atoms with Gasteiger partial charge < -0.3 is 15.3 Å². The van der Waals surface area contributed by atoms with Gasteiger partial charge in [-0.25, -0.2) is 5.43 Å². The number of carbonyl (C=O) groups excluding carboxylic acids is 2. The molecule has 0 radical (unpaired) electrons. The lowest BCUT2D eigenvalue weighted by molar-refractivity contribution is -0.117. The molecule has 0 fully saturated rings. The molecule has 0 unspecified atom stereocenters. The highest BCUT2D eigenvalue weighted by molar-refractivity contribution is 9.11. The molecule has 3 rings (SSSR count). The molecule has 0 bridgehead atoms. The van der Waals surface area contributed by atoms with Crippen molar-refractivity contribution in [2.24, 2.45) is 5.10 Å². The Bertz CT molecular complexity index is 1220. The van der Waals surface area contributed by atoms with Gasteiger partial charge in [-0.15, -0.1) is 0 Å². The number of hydrazone groups is 1. The lowest BCUT2D eigenvalue weighted by Crippen LogP contribution is -2.32. The predicted octanol–water partition coefficient (Wildman–Crippen LogP) is 4.90. The van der Waals surface area contributed by atoms with E-state index in [0.29, 0.717) is 20.1 Å². The third kappa shape index (κ3) is 6.79. The van der Waals surface area contributed by atoms with Crippen LogP contribution in [-0.2, 0) is 4.79 Å². The van der Waals surface area contributed by atoms with Crippen molar-refractivity contribution < 1.29 is 14.7 Å². The van der Waals surface area contributed by atoms with Gasteiger partial charge in [0.25, 0.3) is 11.8 Å². The van der Waals surface area contributed by atoms with Crippen molar-refractivity contribution in [1.82, 2.24) is 10.7 Å². The smallest absolute Gasteiger partial charge is 0.287 e. The van der Waals surface area contributed by atoms with Crippen molar-refractivity contribution in [2.75, 3.05) is 19.0 Å². The average Bonchev–Trinajstić information content (AvgIpc) is 2.82. The quantitative estimate of drug-likeness (QED) is 0.209. The van der Waals surface area contributed by atoms with E-state index in [4.69, 9.17) is 0 Å². The topological polar surface area (TPSA) is 94.0 Å². The van der Waals surface area contributed by atoms with Crippen LogP contribution in [0.3, 0.4) is 0 Å². The molecule has 0 aliphatic carbocycles. The Labute approximate surface area is 214 Å². The van der Waals surface area contributed by atoms with Crippen LogP contribution in [0, 0.1) is 0 Å². The van der Waals surface area contributed by atoms with E-state index in [-0.39, 0.29) is 11.4 Å². The number of nitrogens with zero attached hydrogens (tertiary/aromatic N) is 2. The molecule has 9 heteroatoms. The second-order valence-electron chi connectivity index (χ2n) is 7.40. The van der Waals surface area contributed by atoms with Crippen molar-refractivity contribution >= 4 is 61.7 Å². The van der Waals surface area contributed by atoms with Crippen LogP contribution in [0.15, 0.2) is 86.5 Å². The Morgan fingerprint density at radius 2 is 1.56 bits per heavy atom. The zero-order valence-corrected chi connectivity index (χ0v) is 21.6. The zero-order chi connectivity index (χ0) is 24.7. The van der Waals surface area contributed by atoms with Crippen LogP contribution in [0.4, 0.5) is 5.69 Å². The third-order valence-corrected chi connectivity index (χ3v) is 5.88. The molecule has 0 heterocycles. The lowest BCUT2D eigenvalue weighted by Gasteiger charge is -2.12. The van der Waals surface area contributed by atoms with Gasteiger partial charge >= 0.3 is 0 Å². The number of anilines is 1. The van der Waals surface area contributed by atoms with Crippen molar-refractivity contribution in [1.29, 1.82) is 0 Å². The summed E-state index contributed by atoms with van der Waals surface area (Å²) < 4.78 is 0.957. The van der Waals surface area contributed by atoms with Gasteiger partial charge in [0.15, 0.2) is 0 Å². The van der Waals surface area contributed by atoms with E-state index in [1.54, 1.807) is 48.5 Å². The number of benzene rings is 3. The van der Waals surface area contributed by atoms with Crippen LogP contribution >= 0.6 is 31.9 Å². The van der Waals surface area contributed by atoms with Gasteiger partial charge in [0.05, 0.1) is 15.2 Å². The first-order chi connectivity index (χ1) is 16.2. The highest BCUT2D eigenvalue weighted by Crippen LogP contribution is 2.32. The van der Waals surface area contributed by atoms with Crippen LogP contribution < -0.4 is 15.6 Å². The molecule has 0 atom stereocenters. The fraction of sp³-hybridized carbons (Fsp3) is 0.0800. The summed E-state index contributed by atoms with van der Waals surface area (Å²) >= 11 is 6.51. The normalized spacial score (nSPS) is 11.4. The standard InChI is InChI=1S/C25H22Br2N4O3/c1-31(2)19-10-8-16(9-11-19)14-22(29-24(33)18-6-4-3-5-7-18)25(34)30-28-15-17-12-20(26)23(32)21(27)13-17/h3-15,32H,1-2H3,(H,29,33)(H,30,34). The summed E-state index contributed by atoms with van der Waals surface area (Å²) in [5.74, 6) is -0.938. The molecule has 0 saturated heterocycles. The van der Waals surface area contributed by atoms with Crippen LogP contribution in [0.2, 0.25) is 0 Å². The van der Waals surface area contributed by atoms with E-state index < -0.39 is 11.8 Å². The maximum absolute atomic E-state index is 12.9. The number of phenolic OH excluding ortho intramolecular Hbond substituents is 1. The lowest BCUT2D eigenvalue weighted by atomic mass is 10.1. The molecule has 0 aromatic heterocycles. The Morgan fingerprint density at radius 3 is 2.15 bits per heavy atom. The van der Waals surface area contributed by atoms with Crippen LogP contribution in [0.5, 0.6) is 5.75 Å². The Balaban J connectivity index is 1.83. The van der Waals surface area contributed by atoms with Gasteiger partial charge in [-0.2, -0.15) is 5.10 Å². The average molecular weight is 586 g/mol. The highest BCUT2D eigenvalue weighted by atomic mass is 79.9. The van der Waals surface area contributed by atoms with Crippen LogP contribution in [0.25, 0.3) is 6.08 Å². The molecule has 3 aromatic carbocycles. The van der Waals surface area contributed by atoms with E-state index in [1.165, 1.54) is 6.21 Å². The molecule has 0 spiro atoms. The molecule has 3 N–H and O–H groups in total. The third-order valence-electron chi connectivity index (χ3n) is 4.67. The number of nitrogens with one attached hydrogen (secondary N) is 2. The molecular formula is C25H22Br2N4O3. The first kappa shape index (κ1) is 25.2. The summed E-state index contributed by atoms with van der Waals surface area (Å²) in [5, 5.41) is 16.5. The fourth-order valence-corrected chi connectivity index (χ4v) is 4.08. The summed E-state index contributed by atoms with van der Waals surface area (Å²) in [6, 6.07) is 19.5. The largest absolute Gasteiger partial charge is 0.506 e. The van der Waals surface area contributed by atoms with Gasteiger partial charge in [0.1, 0.15) is 11.4 Å². The van der Waals surface area contributed by atoms with Crippen molar-refractivity contribution in [3.63, 3.8) is 0 Å². The number of halogens is 2. The van der Waals surface area contributed by atoms with E-state index >= 15 is 0 Å². The number of hydrogen-bond donors (Lipinski definition) is 3. The molecule has 0 aliphatic rings. The summed E-state index contributed by atoms with van der Waals surface area (Å²) in [7, 11) is 3.87. The number of rotatable bonds is 7. The number of phenols is 1. The highest BCUT2D eigenvalue weighted by Gasteiger charge is 2.14. The van der Waals surface area contributed by atoms with Crippen molar-refractivity contribution in [2.45, 2.75) is 0 Å². The minimum Gasteiger partial charge on any atom is -0.506 e. The molecule has 174 valence electrons. The second kappa shape index (κ2) is 11.6. The first-order valence-electron chi connectivity index (χ1n) is 10.1. The van der Waals surface area contributed by atoms with Gasteiger partial charge in [0.2, 0.25) is 0 Å². The molecule has 2 amide bonds. The monoisotopic (exact) mass is 584 g/mol. The molecular weight excluding hydrogens is 564 g/mol. The van der Waals surface area contributed by atoms with Gasteiger partial charge in [0, 0.05) is 25.3 Å². The minimum absolute atomic E-state index is 0.0386. The molecule has 0 aliphatic heterocycles. The van der Waals surface area contributed by atoms with Crippen molar-refractivity contribution in [3.8, 4) is 5.75 Å². The SMILES string of the molecule is CN(C)c1ccc(C=C(NC(=O)c2ccccc2)C(=O)NN=Cc2cc(Br)c(O)c(Br)c2)cc1. The molecule has 34 heavy (non-hydrogen) atoms. The summed E-state index contributed by atoms with van der Waals surface area (Å²) in [6.45, 7) is 0. The zero-order valence-electron chi connectivity index (χ0n) is 18.4. The van der Waals surface area contributed by atoms with E-state index in [0.717, 1.165) is 11.3 Å². The Kier molecular flexibility index (Phi) is 8.61. The van der Waals surface area contributed by atoms with Crippen LogP contribution in [0.1, 0.15) is 21.5 Å². The summed E-state index contributed by atoms with van der Waals surface area (Å²) in [4.78, 5) is 27.5. The first-order valence-corrected chi connectivity index (χ1v) is 11.7. The van der Waals surface area contributed by atoms with Gasteiger partial charge in [-0.05, 0) is 85.5 Å². The van der Waals surface area contributed by atoms with Gasteiger partial charge in [-0.1, -0.05) is 30.3 Å². The Morgan fingerprint density at radius 1 is 0.941 bits per heavy atom. The van der Waals surface area contributed by atoms with E-state index in [2.05, 4.69) is 47.7 Å². The number of hydrogen-bond acceptors (Lipinski definition) is 5. The van der Waals surface area contributed by atoms with E-state index in [1.807, 2.05) is 43.3 Å². The minimum atomic E-state index is -0.589. The Hall–Kier alpha value is -3.43. The number of carbonyl (C=O) groups is 2. The fourth-order valence-electron chi connectivity index (χ4n) is 2.86. The maximum atomic E-state index is 12.9. The van der Waals surface area contributed by atoms with Crippen molar-refractivity contribution in [3.05, 3.63) is 98.1 Å².